The average Bonchev–Trinajstić information content (AvgIpc) is 3.03. The number of H-pyrrole nitrogens is 1. The number of nitrogens with zero attached hydrogens (tertiary/aromatic N) is 4. The Morgan fingerprint density at radius 3 is 2.56 bits per heavy atom. The van der Waals surface area contributed by atoms with Crippen LogP contribution in [0.25, 0.3) is 22.4 Å². The summed E-state index contributed by atoms with van der Waals surface area (Å²) in [5.74, 6) is 0.467. The van der Waals surface area contributed by atoms with Crippen molar-refractivity contribution in [3.05, 3.63) is 36.3 Å². The molecule has 0 amide bonds. The zero-order valence-electron chi connectivity index (χ0n) is 15.5. The number of rotatable bonds is 2. The van der Waals surface area contributed by atoms with Gasteiger partial charge in [-0.15, -0.1) is 0 Å². The molecule has 8 nitrogen and oxygen atoms in total. The largest absolute Gasteiger partial charge is 0.383 e. The molecule has 4 heterocycles. The van der Waals surface area contributed by atoms with Crippen molar-refractivity contribution in [2.45, 2.75) is 26.2 Å². The van der Waals surface area contributed by atoms with E-state index in [0.29, 0.717) is 5.82 Å². The third-order valence-corrected chi connectivity index (χ3v) is 5.77. The summed E-state index contributed by atoms with van der Waals surface area (Å²) in [4.78, 5) is 16.0. The molecule has 0 atom stereocenters. The van der Waals surface area contributed by atoms with Crippen LogP contribution in [0, 0.1) is 6.92 Å². The zero-order chi connectivity index (χ0) is 19.4. The number of aryl methyl sites for hydroxylation is 1. The van der Waals surface area contributed by atoms with Crippen LogP contribution in [0.1, 0.15) is 24.8 Å². The molecule has 1 aliphatic heterocycles. The lowest BCUT2D eigenvalue weighted by Gasteiger charge is -2.23. The molecule has 0 spiro atoms. The Labute approximate surface area is 158 Å². The molecule has 0 radical (unpaired) electrons. The number of nitrogens with two attached hydrogens (primary N) is 1. The summed E-state index contributed by atoms with van der Waals surface area (Å²) >= 11 is 0. The molecular formula is C18H24N6O2S. The molecule has 0 unspecified atom stereocenters. The van der Waals surface area contributed by atoms with Crippen molar-refractivity contribution in [2.75, 3.05) is 25.1 Å². The summed E-state index contributed by atoms with van der Waals surface area (Å²) in [7, 11) is -2.89. The molecule has 144 valence electrons. The van der Waals surface area contributed by atoms with Crippen molar-refractivity contribution in [1.82, 2.24) is 24.2 Å². The van der Waals surface area contributed by atoms with E-state index in [1.165, 1.54) is 12.7 Å². The minimum atomic E-state index is -2.89. The maximum absolute atomic E-state index is 10.9. The molecule has 3 aromatic rings. The van der Waals surface area contributed by atoms with Gasteiger partial charge in [0, 0.05) is 31.0 Å². The van der Waals surface area contributed by atoms with Gasteiger partial charge in [0.25, 0.3) is 0 Å². The third kappa shape index (κ3) is 4.61. The normalized spacial score (nSPS) is 15.3. The topological polar surface area (TPSA) is 118 Å². The van der Waals surface area contributed by atoms with E-state index in [1.54, 1.807) is 16.7 Å². The van der Waals surface area contributed by atoms with Crippen molar-refractivity contribution in [3.8, 4) is 11.3 Å². The Bertz CT molecular complexity index is 1030. The van der Waals surface area contributed by atoms with Gasteiger partial charge in [-0.25, -0.2) is 27.7 Å². The van der Waals surface area contributed by atoms with Gasteiger partial charge >= 0.3 is 0 Å². The van der Waals surface area contributed by atoms with Crippen molar-refractivity contribution in [3.63, 3.8) is 0 Å². The van der Waals surface area contributed by atoms with E-state index in [0.717, 1.165) is 53.9 Å². The van der Waals surface area contributed by atoms with Gasteiger partial charge in [-0.3, -0.25) is 0 Å². The van der Waals surface area contributed by atoms with Gasteiger partial charge < -0.3 is 10.7 Å². The van der Waals surface area contributed by atoms with Crippen molar-refractivity contribution in [1.29, 1.82) is 0 Å². The van der Waals surface area contributed by atoms with E-state index in [-0.39, 0.29) is 0 Å². The molecular weight excluding hydrogens is 364 g/mol. The van der Waals surface area contributed by atoms with Crippen LogP contribution in [-0.2, 0) is 10.0 Å². The van der Waals surface area contributed by atoms with Crippen LogP contribution in [0.15, 0.2) is 30.7 Å². The van der Waals surface area contributed by atoms with E-state index in [9.17, 15) is 8.42 Å². The van der Waals surface area contributed by atoms with Crippen LogP contribution in [0.4, 0.5) is 5.82 Å². The van der Waals surface area contributed by atoms with Crippen LogP contribution in [-0.4, -0.2) is 52.0 Å². The summed E-state index contributed by atoms with van der Waals surface area (Å²) in [5.41, 5.74) is 10.1. The number of nitrogen functional groups attached to an aromatic ring is 1. The fourth-order valence-corrected chi connectivity index (χ4v) is 3.90. The highest BCUT2D eigenvalue weighted by Gasteiger charge is 2.18. The van der Waals surface area contributed by atoms with Gasteiger partial charge in [-0.05, 0) is 37.5 Å². The number of anilines is 1. The molecule has 0 bridgehead atoms. The lowest BCUT2D eigenvalue weighted by molar-refractivity contribution is 0.349. The first-order valence-electron chi connectivity index (χ1n) is 8.83. The second-order valence-corrected chi connectivity index (χ2v) is 8.57. The maximum Gasteiger partial charge on any atom is 0.211 e. The molecule has 1 aliphatic rings. The number of piperidine rings is 1. The minimum absolute atomic E-state index is 0.467. The van der Waals surface area contributed by atoms with E-state index in [1.807, 2.05) is 25.3 Å². The standard InChI is InChI=1S/C12H11N5.C6H13NO2S/c1-7-5-15-12-10(7)17-9(6-16-12)8-3-2-4-14-11(8)13;1-10(8,9)7-5-3-2-4-6-7/h2-6H,1H3,(H2,13,14)(H,15,16);2-6H2,1H3. The van der Waals surface area contributed by atoms with E-state index in [2.05, 4.69) is 19.9 Å². The minimum Gasteiger partial charge on any atom is -0.383 e. The second kappa shape index (κ2) is 8.01. The van der Waals surface area contributed by atoms with E-state index in [4.69, 9.17) is 5.73 Å². The maximum atomic E-state index is 10.9. The third-order valence-electron chi connectivity index (χ3n) is 4.47. The molecule has 3 N–H and O–H groups in total. The van der Waals surface area contributed by atoms with Crippen molar-refractivity contribution >= 4 is 27.0 Å². The number of hydrogen-bond acceptors (Lipinski definition) is 6. The number of sulfonamides is 1. The number of nitrogens with one attached hydrogen (secondary N) is 1. The van der Waals surface area contributed by atoms with Gasteiger partial charge in [0.05, 0.1) is 18.1 Å². The summed E-state index contributed by atoms with van der Waals surface area (Å²) in [6.45, 7) is 3.43. The number of hydrogen-bond donors (Lipinski definition) is 2. The lowest BCUT2D eigenvalue weighted by Crippen LogP contribution is -2.34. The first-order chi connectivity index (χ1) is 12.9. The Morgan fingerprint density at radius 2 is 1.93 bits per heavy atom. The van der Waals surface area contributed by atoms with E-state index >= 15 is 0 Å². The summed E-state index contributed by atoms with van der Waals surface area (Å²) in [5, 5.41) is 0. The van der Waals surface area contributed by atoms with Gasteiger partial charge in [0.2, 0.25) is 10.0 Å². The molecule has 4 rings (SSSR count). The summed E-state index contributed by atoms with van der Waals surface area (Å²) < 4.78 is 23.4. The van der Waals surface area contributed by atoms with Gasteiger partial charge in [-0.1, -0.05) is 6.42 Å². The van der Waals surface area contributed by atoms with Crippen LogP contribution in [0.5, 0.6) is 0 Å². The monoisotopic (exact) mass is 388 g/mol. The number of fused-ring (bicyclic) bond motifs is 1. The zero-order valence-corrected chi connectivity index (χ0v) is 16.3. The van der Waals surface area contributed by atoms with Crippen LogP contribution < -0.4 is 5.73 Å². The molecule has 9 heteroatoms. The Morgan fingerprint density at radius 1 is 1.19 bits per heavy atom. The molecule has 0 aliphatic carbocycles. The highest BCUT2D eigenvalue weighted by atomic mass is 32.2. The van der Waals surface area contributed by atoms with Crippen LogP contribution in [0.2, 0.25) is 0 Å². The first-order valence-corrected chi connectivity index (χ1v) is 10.7. The molecule has 1 fully saturated rings. The van der Waals surface area contributed by atoms with Gasteiger partial charge in [0.1, 0.15) is 11.3 Å². The molecule has 0 saturated carbocycles. The fraction of sp³-hybridized carbons (Fsp3) is 0.389. The Balaban J connectivity index is 0.000000180. The SMILES string of the molecule is CS(=O)(=O)N1CCCCC1.Cc1c[nH]c2ncc(-c3cccnc3N)nc12. The van der Waals surface area contributed by atoms with Crippen molar-refractivity contribution in [2.24, 2.45) is 0 Å². The molecule has 27 heavy (non-hydrogen) atoms. The molecule has 1 saturated heterocycles. The second-order valence-electron chi connectivity index (χ2n) is 6.58. The molecule has 0 aromatic carbocycles. The van der Waals surface area contributed by atoms with E-state index < -0.39 is 10.0 Å². The van der Waals surface area contributed by atoms with Crippen molar-refractivity contribution < 1.29 is 8.42 Å². The fourth-order valence-electron chi connectivity index (χ4n) is 2.98. The summed E-state index contributed by atoms with van der Waals surface area (Å²) in [6.07, 6.45) is 9.74. The van der Waals surface area contributed by atoms with Gasteiger partial charge in [0.15, 0.2) is 5.65 Å². The number of pyridine rings is 1. The van der Waals surface area contributed by atoms with Gasteiger partial charge in [-0.2, -0.15) is 0 Å². The Hall–Kier alpha value is -2.52. The quantitative estimate of drug-likeness (QED) is 0.696. The molecule has 3 aromatic heterocycles. The Kier molecular flexibility index (Phi) is 5.71. The highest BCUT2D eigenvalue weighted by molar-refractivity contribution is 7.88. The first kappa shape index (κ1) is 19.2. The average molecular weight is 388 g/mol. The lowest BCUT2D eigenvalue weighted by atomic mass is 10.2. The highest BCUT2D eigenvalue weighted by Crippen LogP contribution is 2.23. The van der Waals surface area contributed by atoms with Crippen LogP contribution >= 0.6 is 0 Å². The summed E-state index contributed by atoms with van der Waals surface area (Å²) in [6, 6.07) is 3.72. The van der Waals surface area contributed by atoms with Crippen LogP contribution in [0.3, 0.4) is 0 Å². The number of aromatic amines is 1. The predicted octanol–water partition coefficient (Wildman–Crippen LogP) is 2.34. The predicted molar refractivity (Wildman–Crippen MR) is 107 cm³/mol. The number of aromatic nitrogens is 4. The smallest absolute Gasteiger partial charge is 0.211 e.